The molecule has 0 amide bonds. The zero-order valence-corrected chi connectivity index (χ0v) is 12.5. The van der Waals surface area contributed by atoms with E-state index in [1.54, 1.807) is 6.20 Å². The van der Waals surface area contributed by atoms with E-state index in [-0.39, 0.29) is 0 Å². The van der Waals surface area contributed by atoms with E-state index < -0.39 is 0 Å². The van der Waals surface area contributed by atoms with Crippen LogP contribution in [0.5, 0.6) is 0 Å². The van der Waals surface area contributed by atoms with Crippen LogP contribution in [0.3, 0.4) is 0 Å². The Hall–Kier alpha value is -2.88. The molecular weight excluding hydrogens is 272 g/mol. The van der Waals surface area contributed by atoms with E-state index in [0.29, 0.717) is 5.95 Å². The molecule has 2 aromatic carbocycles. The van der Waals surface area contributed by atoms with Gasteiger partial charge in [-0.3, -0.25) is 0 Å². The van der Waals surface area contributed by atoms with Crippen molar-refractivity contribution in [3.63, 3.8) is 0 Å². The summed E-state index contributed by atoms with van der Waals surface area (Å²) in [6.07, 6.45) is 1.77. The lowest BCUT2D eigenvalue weighted by molar-refractivity contribution is 0.893. The fourth-order valence-corrected chi connectivity index (χ4v) is 2.21. The zero-order valence-electron chi connectivity index (χ0n) is 12.5. The SMILES string of the molecule is CN(Cc1ccccc1)c1ccnc(Nc2ccccc2)n1. The van der Waals surface area contributed by atoms with Gasteiger partial charge in [0, 0.05) is 25.5 Å². The molecule has 0 aliphatic carbocycles. The zero-order chi connectivity index (χ0) is 15.2. The average Bonchev–Trinajstić information content (AvgIpc) is 2.57. The van der Waals surface area contributed by atoms with Crippen LogP contribution in [-0.4, -0.2) is 17.0 Å². The quantitative estimate of drug-likeness (QED) is 0.774. The first-order valence-electron chi connectivity index (χ1n) is 7.21. The van der Waals surface area contributed by atoms with Gasteiger partial charge in [0.25, 0.3) is 0 Å². The van der Waals surface area contributed by atoms with Crippen LogP contribution in [0.25, 0.3) is 0 Å². The molecule has 4 nitrogen and oxygen atoms in total. The van der Waals surface area contributed by atoms with Gasteiger partial charge in [0.1, 0.15) is 5.82 Å². The van der Waals surface area contributed by atoms with Gasteiger partial charge in [0.2, 0.25) is 5.95 Å². The third kappa shape index (κ3) is 3.61. The van der Waals surface area contributed by atoms with Gasteiger partial charge in [-0.1, -0.05) is 48.5 Å². The highest BCUT2D eigenvalue weighted by molar-refractivity contribution is 5.54. The molecule has 0 saturated carbocycles. The van der Waals surface area contributed by atoms with E-state index in [2.05, 4.69) is 32.3 Å². The number of nitrogens with one attached hydrogen (secondary N) is 1. The normalized spacial score (nSPS) is 10.2. The number of hydrogen-bond acceptors (Lipinski definition) is 4. The maximum absolute atomic E-state index is 4.57. The van der Waals surface area contributed by atoms with Crippen molar-refractivity contribution in [1.82, 2.24) is 9.97 Å². The van der Waals surface area contributed by atoms with Crippen LogP contribution in [0, 0.1) is 0 Å². The first kappa shape index (κ1) is 14.1. The number of benzene rings is 2. The third-order valence-electron chi connectivity index (χ3n) is 3.32. The molecular formula is C18H18N4. The topological polar surface area (TPSA) is 41.1 Å². The van der Waals surface area contributed by atoms with Gasteiger partial charge >= 0.3 is 0 Å². The third-order valence-corrected chi connectivity index (χ3v) is 3.32. The Morgan fingerprint density at radius 2 is 1.59 bits per heavy atom. The number of aromatic nitrogens is 2. The lowest BCUT2D eigenvalue weighted by atomic mass is 10.2. The molecule has 0 radical (unpaired) electrons. The van der Waals surface area contributed by atoms with Crippen LogP contribution < -0.4 is 10.2 Å². The van der Waals surface area contributed by atoms with Crippen molar-refractivity contribution in [2.45, 2.75) is 6.54 Å². The number of para-hydroxylation sites is 1. The highest BCUT2D eigenvalue weighted by atomic mass is 15.2. The molecule has 1 aromatic heterocycles. The number of nitrogens with zero attached hydrogens (tertiary/aromatic N) is 3. The molecule has 0 unspecified atom stereocenters. The summed E-state index contributed by atoms with van der Waals surface area (Å²) in [7, 11) is 2.03. The minimum atomic E-state index is 0.601. The largest absolute Gasteiger partial charge is 0.355 e. The maximum Gasteiger partial charge on any atom is 0.229 e. The van der Waals surface area contributed by atoms with Gasteiger partial charge in [-0.25, -0.2) is 4.98 Å². The summed E-state index contributed by atoms with van der Waals surface area (Å²) < 4.78 is 0. The Morgan fingerprint density at radius 3 is 2.32 bits per heavy atom. The average molecular weight is 290 g/mol. The number of rotatable bonds is 5. The van der Waals surface area contributed by atoms with Crippen molar-refractivity contribution >= 4 is 17.5 Å². The summed E-state index contributed by atoms with van der Waals surface area (Å²) in [5.41, 5.74) is 2.23. The monoisotopic (exact) mass is 290 g/mol. The van der Waals surface area contributed by atoms with Crippen molar-refractivity contribution in [2.24, 2.45) is 0 Å². The predicted molar refractivity (Wildman–Crippen MR) is 90.3 cm³/mol. The lowest BCUT2D eigenvalue weighted by Gasteiger charge is -2.18. The predicted octanol–water partition coefficient (Wildman–Crippen LogP) is 3.86. The molecule has 4 heteroatoms. The van der Waals surface area contributed by atoms with E-state index in [1.807, 2.05) is 61.6 Å². The molecule has 0 bridgehead atoms. The van der Waals surface area contributed by atoms with Crippen LogP contribution in [0.2, 0.25) is 0 Å². The minimum Gasteiger partial charge on any atom is -0.355 e. The Kier molecular flexibility index (Phi) is 4.30. The molecule has 3 rings (SSSR count). The van der Waals surface area contributed by atoms with Gasteiger partial charge in [0.15, 0.2) is 0 Å². The second-order valence-corrected chi connectivity index (χ2v) is 5.07. The Bertz CT molecular complexity index is 713. The Balaban J connectivity index is 1.73. The number of hydrogen-bond donors (Lipinski definition) is 1. The first-order chi connectivity index (χ1) is 10.8. The maximum atomic E-state index is 4.57. The molecule has 3 aromatic rings. The Morgan fingerprint density at radius 1 is 0.909 bits per heavy atom. The fourth-order valence-electron chi connectivity index (χ4n) is 2.21. The molecule has 0 atom stereocenters. The van der Waals surface area contributed by atoms with Crippen molar-refractivity contribution in [3.8, 4) is 0 Å². The second kappa shape index (κ2) is 6.72. The van der Waals surface area contributed by atoms with E-state index in [9.17, 15) is 0 Å². The standard InChI is InChI=1S/C18H18N4/c1-22(14-15-8-4-2-5-9-15)17-12-13-19-18(21-17)20-16-10-6-3-7-11-16/h2-13H,14H2,1H3,(H,19,20,21). The van der Waals surface area contributed by atoms with Crippen LogP contribution in [0.15, 0.2) is 72.9 Å². The second-order valence-electron chi connectivity index (χ2n) is 5.07. The van der Waals surface area contributed by atoms with E-state index in [0.717, 1.165) is 18.1 Å². The van der Waals surface area contributed by atoms with Gasteiger partial charge in [-0.15, -0.1) is 0 Å². The van der Waals surface area contributed by atoms with E-state index in [1.165, 1.54) is 5.56 Å². The molecule has 0 fully saturated rings. The van der Waals surface area contributed by atoms with Gasteiger partial charge < -0.3 is 10.2 Å². The molecule has 0 spiro atoms. The van der Waals surface area contributed by atoms with Crippen LogP contribution in [0.4, 0.5) is 17.5 Å². The van der Waals surface area contributed by atoms with Crippen LogP contribution >= 0.6 is 0 Å². The highest BCUT2D eigenvalue weighted by Gasteiger charge is 2.05. The van der Waals surface area contributed by atoms with E-state index in [4.69, 9.17) is 0 Å². The van der Waals surface area contributed by atoms with Gasteiger partial charge in [-0.05, 0) is 23.8 Å². The Labute approximate surface area is 130 Å². The molecule has 0 aliphatic rings. The highest BCUT2D eigenvalue weighted by Crippen LogP contribution is 2.16. The summed E-state index contributed by atoms with van der Waals surface area (Å²) in [6, 6.07) is 22.2. The van der Waals surface area contributed by atoms with Crippen LogP contribution in [-0.2, 0) is 6.54 Å². The molecule has 0 saturated heterocycles. The summed E-state index contributed by atoms with van der Waals surface area (Å²) in [5.74, 6) is 1.49. The van der Waals surface area contributed by atoms with Crippen molar-refractivity contribution in [3.05, 3.63) is 78.5 Å². The minimum absolute atomic E-state index is 0.601. The summed E-state index contributed by atoms with van der Waals surface area (Å²) in [5, 5.41) is 3.21. The van der Waals surface area contributed by atoms with Crippen molar-refractivity contribution in [1.29, 1.82) is 0 Å². The molecule has 0 aliphatic heterocycles. The fraction of sp³-hybridized carbons (Fsp3) is 0.111. The molecule has 110 valence electrons. The first-order valence-corrected chi connectivity index (χ1v) is 7.21. The molecule has 1 N–H and O–H groups in total. The van der Waals surface area contributed by atoms with Crippen LogP contribution in [0.1, 0.15) is 5.56 Å². The van der Waals surface area contributed by atoms with E-state index >= 15 is 0 Å². The van der Waals surface area contributed by atoms with Crippen molar-refractivity contribution in [2.75, 3.05) is 17.3 Å². The smallest absolute Gasteiger partial charge is 0.229 e. The van der Waals surface area contributed by atoms with Gasteiger partial charge in [0.05, 0.1) is 0 Å². The summed E-state index contributed by atoms with van der Waals surface area (Å²) in [4.78, 5) is 10.9. The van der Waals surface area contributed by atoms with Gasteiger partial charge in [-0.2, -0.15) is 4.98 Å². The lowest BCUT2D eigenvalue weighted by Crippen LogP contribution is -2.18. The summed E-state index contributed by atoms with van der Waals surface area (Å²) in [6.45, 7) is 0.808. The number of anilines is 3. The molecule has 22 heavy (non-hydrogen) atoms. The van der Waals surface area contributed by atoms with Crippen molar-refractivity contribution < 1.29 is 0 Å². The molecule has 1 heterocycles. The summed E-state index contributed by atoms with van der Waals surface area (Å²) >= 11 is 0.